The third kappa shape index (κ3) is 3.60. The molecule has 0 saturated heterocycles. The van der Waals surface area contributed by atoms with Crippen molar-refractivity contribution in [3.63, 3.8) is 0 Å². The van der Waals surface area contributed by atoms with Crippen LogP contribution in [0.5, 0.6) is 5.88 Å². The van der Waals surface area contributed by atoms with E-state index in [9.17, 15) is 0 Å². The average molecular weight is 377 g/mol. The molecule has 1 atom stereocenters. The van der Waals surface area contributed by atoms with Crippen LogP contribution in [-0.2, 0) is 0 Å². The van der Waals surface area contributed by atoms with E-state index < -0.39 is 0 Å². The molecule has 136 valence electrons. The van der Waals surface area contributed by atoms with Gasteiger partial charge in [-0.05, 0) is 39.7 Å². The Morgan fingerprint density at radius 1 is 0.815 bits per heavy atom. The van der Waals surface area contributed by atoms with Gasteiger partial charge in [0, 0.05) is 17.0 Å². The Morgan fingerprint density at radius 2 is 1.52 bits per heavy atom. The van der Waals surface area contributed by atoms with Gasteiger partial charge in [0.25, 0.3) is 0 Å². The van der Waals surface area contributed by atoms with Gasteiger partial charge in [0.2, 0.25) is 5.88 Å². The van der Waals surface area contributed by atoms with Crippen LogP contribution in [0.15, 0.2) is 66.7 Å². The van der Waals surface area contributed by atoms with Crippen LogP contribution in [0, 0.1) is 5.41 Å². The first-order chi connectivity index (χ1) is 12.9. The third-order valence-corrected chi connectivity index (χ3v) is 4.90. The van der Waals surface area contributed by atoms with Crippen molar-refractivity contribution in [3.8, 4) is 5.88 Å². The number of rotatable bonds is 3. The Labute approximate surface area is 164 Å². The number of halogens is 1. The van der Waals surface area contributed by atoms with Gasteiger partial charge >= 0.3 is 0 Å². The van der Waals surface area contributed by atoms with Crippen LogP contribution in [0.1, 0.15) is 32.4 Å². The number of benzene rings is 3. The maximum atomic E-state index is 6.31. The molecule has 0 saturated carbocycles. The minimum atomic E-state index is -0.183. The van der Waals surface area contributed by atoms with Crippen LogP contribution < -0.4 is 4.74 Å². The summed E-state index contributed by atoms with van der Waals surface area (Å²) in [5, 5.41) is 13.2. The number of aromatic nitrogens is 2. The van der Waals surface area contributed by atoms with E-state index in [0.29, 0.717) is 11.0 Å². The van der Waals surface area contributed by atoms with Crippen LogP contribution in [0.25, 0.3) is 21.5 Å². The third-order valence-electron chi connectivity index (χ3n) is 4.70. The highest BCUT2D eigenvalue weighted by Gasteiger charge is 2.30. The lowest BCUT2D eigenvalue weighted by atomic mass is 9.82. The van der Waals surface area contributed by atoms with Crippen LogP contribution in [0.2, 0.25) is 5.15 Å². The fourth-order valence-corrected chi connectivity index (χ4v) is 3.51. The first-order valence-electron chi connectivity index (χ1n) is 8.99. The summed E-state index contributed by atoms with van der Waals surface area (Å²) in [5.74, 6) is 0.470. The van der Waals surface area contributed by atoms with E-state index >= 15 is 0 Å². The summed E-state index contributed by atoms with van der Waals surface area (Å²) in [7, 11) is 0. The van der Waals surface area contributed by atoms with Gasteiger partial charge in [-0.25, -0.2) is 0 Å². The summed E-state index contributed by atoms with van der Waals surface area (Å²) in [5.41, 5.74) is 1.00. The maximum absolute atomic E-state index is 6.31. The molecule has 4 heteroatoms. The zero-order valence-electron chi connectivity index (χ0n) is 15.6. The molecule has 3 aromatic carbocycles. The molecule has 0 aliphatic rings. The van der Waals surface area contributed by atoms with Crippen molar-refractivity contribution in [2.24, 2.45) is 5.41 Å². The Morgan fingerprint density at radius 3 is 2.19 bits per heavy atom. The minimum absolute atomic E-state index is 0.138. The Bertz CT molecular complexity index is 1100. The predicted octanol–water partition coefficient (Wildman–Crippen LogP) is 6.60. The quantitative estimate of drug-likeness (QED) is 0.377. The maximum Gasteiger partial charge on any atom is 0.234 e. The zero-order chi connectivity index (χ0) is 19.0. The lowest BCUT2D eigenvalue weighted by molar-refractivity contribution is 0.0822. The van der Waals surface area contributed by atoms with Crippen molar-refractivity contribution in [1.29, 1.82) is 0 Å². The lowest BCUT2D eigenvalue weighted by Gasteiger charge is -2.32. The second-order valence-electron chi connectivity index (χ2n) is 7.83. The van der Waals surface area contributed by atoms with E-state index in [1.165, 1.54) is 21.5 Å². The predicted molar refractivity (Wildman–Crippen MR) is 111 cm³/mol. The van der Waals surface area contributed by atoms with Gasteiger partial charge in [-0.1, -0.05) is 74.8 Å². The van der Waals surface area contributed by atoms with Crippen molar-refractivity contribution in [2.75, 3.05) is 0 Å². The number of hydrogen-bond donors (Lipinski definition) is 0. The summed E-state index contributed by atoms with van der Waals surface area (Å²) in [6.45, 7) is 6.50. The number of nitrogens with zero attached hydrogens (tertiary/aromatic N) is 2. The van der Waals surface area contributed by atoms with Crippen LogP contribution in [-0.4, -0.2) is 10.2 Å². The highest BCUT2D eigenvalue weighted by atomic mass is 35.5. The number of ether oxygens (including phenoxy) is 1. The molecule has 0 N–H and O–H groups in total. The molecule has 0 aliphatic heterocycles. The van der Waals surface area contributed by atoms with Gasteiger partial charge < -0.3 is 4.74 Å². The van der Waals surface area contributed by atoms with Gasteiger partial charge in [-0.3, -0.25) is 0 Å². The van der Waals surface area contributed by atoms with Gasteiger partial charge in [-0.15, -0.1) is 10.2 Å². The average Bonchev–Trinajstić information content (AvgIpc) is 2.64. The van der Waals surface area contributed by atoms with Crippen LogP contribution >= 0.6 is 11.6 Å². The van der Waals surface area contributed by atoms with Gasteiger partial charge in [0.15, 0.2) is 5.15 Å². The summed E-state index contributed by atoms with van der Waals surface area (Å²) in [6.07, 6.45) is -0.183. The molecule has 0 amide bonds. The molecule has 0 spiro atoms. The fourth-order valence-electron chi connectivity index (χ4n) is 3.41. The molecule has 0 bridgehead atoms. The largest absolute Gasteiger partial charge is 0.468 e. The second-order valence-corrected chi connectivity index (χ2v) is 8.21. The van der Waals surface area contributed by atoms with Crippen molar-refractivity contribution in [3.05, 3.63) is 77.4 Å². The number of fused-ring (bicyclic) bond motifs is 2. The van der Waals surface area contributed by atoms with Crippen molar-refractivity contribution >= 4 is 33.1 Å². The van der Waals surface area contributed by atoms with Crippen molar-refractivity contribution < 1.29 is 4.74 Å². The van der Waals surface area contributed by atoms with Gasteiger partial charge in [0.05, 0.1) is 0 Å². The van der Waals surface area contributed by atoms with E-state index in [0.717, 1.165) is 5.56 Å². The normalized spacial score (nSPS) is 13.0. The van der Waals surface area contributed by atoms with Crippen LogP contribution in [0.3, 0.4) is 0 Å². The summed E-state index contributed by atoms with van der Waals surface area (Å²) < 4.78 is 6.31. The van der Waals surface area contributed by atoms with E-state index in [-0.39, 0.29) is 11.5 Å². The van der Waals surface area contributed by atoms with Crippen molar-refractivity contribution in [1.82, 2.24) is 10.2 Å². The molecule has 1 heterocycles. The molecule has 4 rings (SSSR count). The monoisotopic (exact) mass is 376 g/mol. The SMILES string of the molecule is CC(C)(C)C(Oc1ccc(Cl)nn1)c1cccc2cc3ccccc3cc12. The van der Waals surface area contributed by atoms with Gasteiger partial charge in [0.1, 0.15) is 6.10 Å². The Balaban J connectivity index is 1.87. The molecule has 1 aromatic heterocycles. The molecular weight excluding hydrogens is 356 g/mol. The molecule has 0 aliphatic carbocycles. The van der Waals surface area contributed by atoms with Crippen LogP contribution in [0.4, 0.5) is 0 Å². The standard InChI is InChI=1S/C23H21ClN2O/c1-23(2,3)22(27-21-12-11-20(24)25-26-21)18-10-6-9-17-13-15-7-4-5-8-16(15)14-19(17)18/h4-14,22H,1-3H3. The molecule has 3 nitrogen and oxygen atoms in total. The summed E-state index contributed by atoms with van der Waals surface area (Å²) in [4.78, 5) is 0. The number of hydrogen-bond acceptors (Lipinski definition) is 3. The molecule has 27 heavy (non-hydrogen) atoms. The Kier molecular flexibility index (Phi) is 4.48. The molecule has 4 aromatic rings. The highest BCUT2D eigenvalue weighted by Crippen LogP contribution is 2.40. The molecule has 0 fully saturated rings. The minimum Gasteiger partial charge on any atom is -0.468 e. The van der Waals surface area contributed by atoms with Crippen molar-refractivity contribution in [2.45, 2.75) is 26.9 Å². The summed E-state index contributed by atoms with van der Waals surface area (Å²) >= 11 is 5.86. The topological polar surface area (TPSA) is 35.0 Å². The highest BCUT2D eigenvalue weighted by molar-refractivity contribution is 6.29. The van der Waals surface area contributed by atoms with E-state index in [2.05, 4.69) is 85.6 Å². The summed E-state index contributed by atoms with van der Waals surface area (Å²) in [6, 6.07) is 22.7. The first-order valence-corrected chi connectivity index (χ1v) is 9.37. The van der Waals surface area contributed by atoms with Gasteiger partial charge in [-0.2, -0.15) is 0 Å². The molecular formula is C23H21ClN2O. The lowest BCUT2D eigenvalue weighted by Crippen LogP contribution is -2.24. The van der Waals surface area contributed by atoms with E-state index in [1.807, 2.05) is 0 Å². The first kappa shape index (κ1) is 17.7. The zero-order valence-corrected chi connectivity index (χ0v) is 16.4. The van der Waals surface area contributed by atoms with E-state index in [1.54, 1.807) is 12.1 Å². The second kappa shape index (κ2) is 6.82. The molecule has 0 radical (unpaired) electrons. The fraction of sp³-hybridized carbons (Fsp3) is 0.217. The van der Waals surface area contributed by atoms with E-state index in [4.69, 9.17) is 16.3 Å². The molecule has 1 unspecified atom stereocenters. The Hall–Kier alpha value is -2.65. The smallest absolute Gasteiger partial charge is 0.234 e.